The van der Waals surface area contributed by atoms with E-state index in [0.29, 0.717) is 5.69 Å². The summed E-state index contributed by atoms with van der Waals surface area (Å²) in [6, 6.07) is 7.92. The second kappa shape index (κ2) is 5.49. The first kappa shape index (κ1) is 12.4. The molecule has 0 aliphatic rings. The van der Waals surface area contributed by atoms with Gasteiger partial charge in [0, 0.05) is 11.4 Å². The maximum atomic E-state index is 12.0. The van der Waals surface area contributed by atoms with E-state index >= 15 is 0 Å². The Hall–Kier alpha value is -2.10. The zero-order chi connectivity index (χ0) is 13.0. The monoisotopic (exact) mass is 243 g/mol. The lowest BCUT2D eigenvalue weighted by Gasteiger charge is -2.06. The predicted octanol–water partition coefficient (Wildman–Crippen LogP) is 2.92. The van der Waals surface area contributed by atoms with Crippen LogP contribution in [0.5, 0.6) is 0 Å². The molecule has 1 aromatic carbocycles. The van der Waals surface area contributed by atoms with Gasteiger partial charge in [-0.3, -0.25) is 4.79 Å². The summed E-state index contributed by atoms with van der Waals surface area (Å²) in [7, 11) is 0. The van der Waals surface area contributed by atoms with Crippen LogP contribution in [-0.4, -0.2) is 15.9 Å². The van der Waals surface area contributed by atoms with E-state index in [4.69, 9.17) is 0 Å². The molecule has 4 nitrogen and oxygen atoms in total. The van der Waals surface area contributed by atoms with Crippen molar-refractivity contribution in [1.82, 2.24) is 9.97 Å². The van der Waals surface area contributed by atoms with Gasteiger partial charge in [-0.2, -0.15) is 0 Å². The fourth-order valence-corrected chi connectivity index (χ4v) is 1.87. The number of nitrogens with zero attached hydrogens (tertiary/aromatic N) is 1. The fraction of sp³-hybridized carbons (Fsp3) is 0.286. The number of nitrogens with one attached hydrogen (secondary N) is 2. The van der Waals surface area contributed by atoms with E-state index in [0.717, 1.165) is 24.2 Å². The number of benzene rings is 1. The third-order valence-electron chi connectivity index (χ3n) is 2.77. The van der Waals surface area contributed by atoms with Gasteiger partial charge in [-0.15, -0.1) is 0 Å². The minimum atomic E-state index is -0.178. The van der Waals surface area contributed by atoms with Gasteiger partial charge >= 0.3 is 0 Å². The Balaban J connectivity index is 2.12. The zero-order valence-electron chi connectivity index (χ0n) is 10.7. The van der Waals surface area contributed by atoms with E-state index in [9.17, 15) is 4.79 Å². The van der Waals surface area contributed by atoms with Crippen LogP contribution in [0.4, 0.5) is 5.69 Å². The molecule has 1 amide bonds. The number of rotatable bonds is 4. The minimum absolute atomic E-state index is 0.178. The smallest absolute Gasteiger partial charge is 0.276 e. The molecular weight excluding hydrogens is 226 g/mol. The molecule has 0 radical (unpaired) electrons. The summed E-state index contributed by atoms with van der Waals surface area (Å²) in [5.41, 5.74) is 3.26. The molecule has 2 aromatic rings. The Morgan fingerprint density at radius 3 is 2.94 bits per heavy atom. The van der Waals surface area contributed by atoms with Crippen molar-refractivity contribution >= 4 is 11.6 Å². The summed E-state index contributed by atoms with van der Waals surface area (Å²) in [5, 5.41) is 2.86. The highest BCUT2D eigenvalue weighted by Crippen LogP contribution is 2.13. The fourth-order valence-electron chi connectivity index (χ4n) is 1.87. The van der Waals surface area contributed by atoms with Crippen LogP contribution in [0.2, 0.25) is 0 Å². The summed E-state index contributed by atoms with van der Waals surface area (Å²) in [6.45, 7) is 3.97. The van der Waals surface area contributed by atoms with Gasteiger partial charge < -0.3 is 10.3 Å². The van der Waals surface area contributed by atoms with Crippen LogP contribution >= 0.6 is 0 Å². The van der Waals surface area contributed by atoms with Gasteiger partial charge in [0.25, 0.3) is 5.91 Å². The standard InChI is InChI=1S/C14H17N3O/c1-3-5-11-6-4-7-12(8-11)17-14(18)13-10(2)15-9-16-13/h4,6-9H,3,5H2,1-2H3,(H,15,16)(H,17,18). The first-order chi connectivity index (χ1) is 8.70. The van der Waals surface area contributed by atoms with Gasteiger partial charge in [-0.05, 0) is 31.0 Å². The van der Waals surface area contributed by atoms with E-state index in [1.54, 1.807) is 0 Å². The summed E-state index contributed by atoms with van der Waals surface area (Å²) in [5.74, 6) is -0.178. The molecule has 0 saturated heterocycles. The van der Waals surface area contributed by atoms with Crippen LogP contribution in [0, 0.1) is 6.92 Å². The van der Waals surface area contributed by atoms with Gasteiger partial charge in [0.2, 0.25) is 0 Å². The number of carbonyl (C=O) groups excluding carboxylic acids is 1. The van der Waals surface area contributed by atoms with Crippen molar-refractivity contribution < 1.29 is 4.79 Å². The van der Waals surface area contributed by atoms with E-state index in [1.807, 2.05) is 25.1 Å². The molecule has 0 unspecified atom stereocenters. The van der Waals surface area contributed by atoms with E-state index in [1.165, 1.54) is 11.9 Å². The first-order valence-electron chi connectivity index (χ1n) is 6.11. The molecule has 4 heteroatoms. The molecule has 0 bridgehead atoms. The number of aryl methyl sites for hydroxylation is 2. The molecule has 1 aromatic heterocycles. The van der Waals surface area contributed by atoms with Crippen molar-refractivity contribution in [1.29, 1.82) is 0 Å². The summed E-state index contributed by atoms with van der Waals surface area (Å²) < 4.78 is 0. The van der Waals surface area contributed by atoms with Crippen LogP contribution in [0.25, 0.3) is 0 Å². The van der Waals surface area contributed by atoms with E-state index in [2.05, 4.69) is 28.3 Å². The van der Waals surface area contributed by atoms with Crippen LogP contribution in [0.1, 0.15) is 35.1 Å². The van der Waals surface area contributed by atoms with E-state index < -0.39 is 0 Å². The lowest BCUT2D eigenvalue weighted by Crippen LogP contribution is -2.13. The summed E-state index contributed by atoms with van der Waals surface area (Å²) in [6.07, 6.45) is 3.64. The zero-order valence-corrected chi connectivity index (χ0v) is 10.7. The Kier molecular flexibility index (Phi) is 3.77. The Bertz CT molecular complexity index is 545. The van der Waals surface area contributed by atoms with Gasteiger partial charge in [-0.1, -0.05) is 25.5 Å². The highest BCUT2D eigenvalue weighted by Gasteiger charge is 2.11. The molecule has 0 aliphatic carbocycles. The number of H-pyrrole nitrogens is 1. The molecule has 18 heavy (non-hydrogen) atoms. The second-order valence-electron chi connectivity index (χ2n) is 4.28. The van der Waals surface area contributed by atoms with E-state index in [-0.39, 0.29) is 5.91 Å². The number of carbonyl (C=O) groups is 1. The maximum Gasteiger partial charge on any atom is 0.276 e. The van der Waals surface area contributed by atoms with Gasteiger partial charge in [0.05, 0.1) is 6.33 Å². The number of amides is 1. The first-order valence-corrected chi connectivity index (χ1v) is 6.11. The largest absolute Gasteiger partial charge is 0.348 e. The van der Waals surface area contributed by atoms with Crippen molar-refractivity contribution in [2.75, 3.05) is 5.32 Å². The van der Waals surface area contributed by atoms with Crippen LogP contribution in [0.3, 0.4) is 0 Å². The Morgan fingerprint density at radius 1 is 1.44 bits per heavy atom. The molecule has 0 atom stereocenters. The van der Waals surface area contributed by atoms with Crippen molar-refractivity contribution in [3.05, 3.63) is 47.5 Å². The number of aromatic amines is 1. The molecule has 0 spiro atoms. The third kappa shape index (κ3) is 2.77. The Labute approximate surface area is 106 Å². The average Bonchev–Trinajstić information content (AvgIpc) is 2.76. The highest BCUT2D eigenvalue weighted by molar-refractivity contribution is 6.03. The molecule has 1 heterocycles. The number of hydrogen-bond donors (Lipinski definition) is 2. The number of anilines is 1. The van der Waals surface area contributed by atoms with Crippen LogP contribution < -0.4 is 5.32 Å². The highest BCUT2D eigenvalue weighted by atomic mass is 16.1. The summed E-state index contributed by atoms with van der Waals surface area (Å²) >= 11 is 0. The maximum absolute atomic E-state index is 12.0. The topological polar surface area (TPSA) is 57.8 Å². The minimum Gasteiger partial charge on any atom is -0.348 e. The lowest BCUT2D eigenvalue weighted by molar-refractivity contribution is 0.102. The lowest BCUT2D eigenvalue weighted by atomic mass is 10.1. The molecule has 2 N–H and O–H groups in total. The average molecular weight is 243 g/mol. The molecule has 94 valence electrons. The SMILES string of the molecule is CCCc1cccc(NC(=O)c2nc[nH]c2C)c1. The van der Waals surface area contributed by atoms with Gasteiger partial charge in [-0.25, -0.2) is 4.98 Å². The molecule has 0 saturated carbocycles. The van der Waals surface area contributed by atoms with Crippen molar-refractivity contribution in [2.24, 2.45) is 0 Å². The van der Waals surface area contributed by atoms with Gasteiger partial charge in [0.15, 0.2) is 0 Å². The number of imidazole rings is 1. The van der Waals surface area contributed by atoms with Gasteiger partial charge in [0.1, 0.15) is 5.69 Å². The Morgan fingerprint density at radius 2 is 2.28 bits per heavy atom. The number of hydrogen-bond acceptors (Lipinski definition) is 2. The second-order valence-corrected chi connectivity index (χ2v) is 4.28. The van der Waals surface area contributed by atoms with Crippen LogP contribution in [-0.2, 0) is 6.42 Å². The quantitative estimate of drug-likeness (QED) is 0.867. The molecule has 0 aliphatic heterocycles. The third-order valence-corrected chi connectivity index (χ3v) is 2.77. The molecule has 2 rings (SSSR count). The van der Waals surface area contributed by atoms with Crippen molar-refractivity contribution in [3.8, 4) is 0 Å². The number of aromatic nitrogens is 2. The summed E-state index contributed by atoms with van der Waals surface area (Å²) in [4.78, 5) is 18.9. The van der Waals surface area contributed by atoms with Crippen molar-refractivity contribution in [3.63, 3.8) is 0 Å². The predicted molar refractivity (Wildman–Crippen MR) is 71.7 cm³/mol. The van der Waals surface area contributed by atoms with Crippen molar-refractivity contribution in [2.45, 2.75) is 26.7 Å². The van der Waals surface area contributed by atoms with Crippen LogP contribution in [0.15, 0.2) is 30.6 Å². The molecular formula is C14H17N3O. The molecule has 0 fully saturated rings. The normalized spacial score (nSPS) is 10.3.